The van der Waals surface area contributed by atoms with Gasteiger partial charge in [-0.2, -0.15) is 0 Å². The maximum absolute atomic E-state index is 13.1. The first-order valence-electron chi connectivity index (χ1n) is 13.9. The molecule has 1 saturated carbocycles. The van der Waals surface area contributed by atoms with Crippen molar-refractivity contribution >= 4 is 11.9 Å². The second kappa shape index (κ2) is 11.7. The molecule has 10 nitrogen and oxygen atoms in total. The molecule has 0 unspecified atom stereocenters. The van der Waals surface area contributed by atoms with Gasteiger partial charge in [-0.3, -0.25) is 0 Å². The lowest BCUT2D eigenvalue weighted by Crippen LogP contribution is -2.49. The molecule has 3 heterocycles. The predicted molar refractivity (Wildman–Crippen MR) is 141 cm³/mol. The van der Waals surface area contributed by atoms with Crippen LogP contribution >= 0.6 is 0 Å². The van der Waals surface area contributed by atoms with Crippen molar-refractivity contribution in [3.63, 3.8) is 0 Å². The topological polar surface area (TPSA) is 148 Å². The van der Waals surface area contributed by atoms with Crippen LogP contribution in [0.15, 0.2) is 30.0 Å². The van der Waals surface area contributed by atoms with E-state index in [4.69, 9.17) is 18.9 Å². The number of esters is 2. The minimum Gasteiger partial charge on any atom is -0.457 e. The van der Waals surface area contributed by atoms with Crippen LogP contribution < -0.4 is 0 Å². The van der Waals surface area contributed by atoms with Crippen LogP contribution in [0.3, 0.4) is 0 Å². The summed E-state index contributed by atoms with van der Waals surface area (Å²) in [6, 6.07) is 3.31. The molecule has 2 bridgehead atoms. The fourth-order valence-corrected chi connectivity index (χ4v) is 6.72. The van der Waals surface area contributed by atoms with Crippen molar-refractivity contribution in [2.24, 2.45) is 23.7 Å². The first-order chi connectivity index (χ1) is 18.4. The summed E-state index contributed by atoms with van der Waals surface area (Å²) in [4.78, 5) is 28.9. The van der Waals surface area contributed by atoms with Gasteiger partial charge in [0, 0.05) is 31.1 Å². The van der Waals surface area contributed by atoms with Crippen molar-refractivity contribution in [1.29, 1.82) is 0 Å². The minimum atomic E-state index is -0.907. The van der Waals surface area contributed by atoms with E-state index in [0.717, 1.165) is 5.57 Å². The van der Waals surface area contributed by atoms with E-state index in [1.54, 1.807) is 39.1 Å². The maximum atomic E-state index is 13.1. The lowest BCUT2D eigenvalue weighted by Gasteiger charge is -2.44. The Morgan fingerprint density at radius 1 is 1.21 bits per heavy atom. The molecule has 1 aromatic heterocycles. The number of aliphatic hydroxyl groups is 3. The minimum absolute atomic E-state index is 0.247. The normalized spacial score (nSPS) is 39.4. The number of hydrogen-bond acceptors (Lipinski definition) is 9. The number of nitrogens with one attached hydrogen (secondary N) is 1. The van der Waals surface area contributed by atoms with Gasteiger partial charge in [-0.05, 0) is 63.7 Å². The number of H-pyrrole nitrogens is 1. The molecule has 1 aromatic rings. The molecule has 2 aliphatic heterocycles. The Morgan fingerprint density at radius 2 is 1.92 bits per heavy atom. The Kier molecular flexibility index (Phi) is 8.92. The number of carbonyl (C=O) groups is 2. The SMILES string of the molecule is CO[C@H]1C[C@H]2C[C@@H](O)[C@@H]3C[C@]2(O[C@H]3[C@H](OC(=O)c2ccc[nH]2)[C@H](C)[C@H](C)O)/C(C)=C/[C@@H](C)[C@@H]([C@@H](C)O)OC1=O. The summed E-state index contributed by atoms with van der Waals surface area (Å²) in [5.74, 6) is -2.61. The molecule has 3 aliphatic rings. The summed E-state index contributed by atoms with van der Waals surface area (Å²) in [6.45, 7) is 8.86. The van der Waals surface area contributed by atoms with Gasteiger partial charge in [0.2, 0.25) is 0 Å². The number of cyclic esters (lactones) is 1. The zero-order valence-electron chi connectivity index (χ0n) is 23.6. The largest absolute Gasteiger partial charge is 0.457 e. The molecule has 1 spiro atoms. The van der Waals surface area contributed by atoms with Gasteiger partial charge in [-0.1, -0.05) is 19.9 Å². The van der Waals surface area contributed by atoms with Gasteiger partial charge >= 0.3 is 11.9 Å². The van der Waals surface area contributed by atoms with Crippen LogP contribution in [0, 0.1) is 23.7 Å². The summed E-state index contributed by atoms with van der Waals surface area (Å²) in [5.41, 5.74) is 0.317. The quantitative estimate of drug-likeness (QED) is 0.297. The van der Waals surface area contributed by atoms with Crippen LogP contribution in [-0.4, -0.2) is 87.7 Å². The van der Waals surface area contributed by atoms with Crippen molar-refractivity contribution in [1.82, 2.24) is 4.98 Å². The lowest BCUT2D eigenvalue weighted by atomic mass is 9.65. The Bertz CT molecular complexity index is 1040. The zero-order chi connectivity index (χ0) is 28.6. The number of ether oxygens (including phenoxy) is 4. The van der Waals surface area contributed by atoms with Crippen LogP contribution in [0.4, 0.5) is 0 Å². The number of aromatic amines is 1. The average Bonchev–Trinajstić information content (AvgIpc) is 3.54. The highest BCUT2D eigenvalue weighted by molar-refractivity contribution is 5.87. The van der Waals surface area contributed by atoms with Crippen LogP contribution in [0.1, 0.15) is 64.4 Å². The summed E-state index contributed by atoms with van der Waals surface area (Å²) >= 11 is 0. The summed E-state index contributed by atoms with van der Waals surface area (Å²) in [6.07, 6.45) is -1.05. The third kappa shape index (κ3) is 5.67. The number of methoxy groups -OCH3 is 1. The number of hydrogen-bond donors (Lipinski definition) is 4. The van der Waals surface area contributed by atoms with Gasteiger partial charge in [0.1, 0.15) is 24.0 Å². The molecule has 4 rings (SSSR count). The maximum Gasteiger partial charge on any atom is 0.355 e. The highest BCUT2D eigenvalue weighted by Crippen LogP contribution is 2.56. The van der Waals surface area contributed by atoms with Gasteiger partial charge in [0.05, 0.1) is 23.9 Å². The Morgan fingerprint density at radius 3 is 2.51 bits per heavy atom. The summed E-state index contributed by atoms with van der Waals surface area (Å²) in [7, 11) is 1.44. The second-order valence-corrected chi connectivity index (χ2v) is 11.7. The first kappa shape index (κ1) is 29.7. The van der Waals surface area contributed by atoms with Gasteiger partial charge < -0.3 is 39.3 Å². The molecule has 1 saturated heterocycles. The molecule has 39 heavy (non-hydrogen) atoms. The van der Waals surface area contributed by atoms with E-state index >= 15 is 0 Å². The molecule has 0 amide bonds. The average molecular weight is 550 g/mol. The number of fused-ring (bicyclic) bond motifs is 1. The smallest absolute Gasteiger partial charge is 0.355 e. The van der Waals surface area contributed by atoms with Crippen molar-refractivity contribution in [3.05, 3.63) is 35.7 Å². The van der Waals surface area contributed by atoms with E-state index in [1.807, 2.05) is 19.9 Å². The van der Waals surface area contributed by atoms with Crippen LogP contribution in [0.25, 0.3) is 0 Å². The monoisotopic (exact) mass is 549 g/mol. The Balaban J connectivity index is 1.76. The standard InChI is InChI=1S/C29H43NO9/c1-14-10-15(2)29-13-20(22(33)11-19(29)12-23(36-6)28(35)37-24(14)18(5)32)26(39-29)25(16(3)17(4)31)38-27(34)21-8-7-9-30-21/h7-10,14,16-20,22-26,30-33H,11-13H2,1-6H3/b15-10+/t14-,16-,17+,18-,19-,20+,22-,23+,24+,25-,26-,29+/m1/s1. The fourth-order valence-electron chi connectivity index (χ4n) is 6.72. The summed E-state index contributed by atoms with van der Waals surface area (Å²) < 4.78 is 24.1. The van der Waals surface area contributed by atoms with E-state index in [9.17, 15) is 24.9 Å². The molecule has 10 heteroatoms. The number of aliphatic hydroxyl groups excluding tert-OH is 3. The first-order valence-corrected chi connectivity index (χ1v) is 13.9. The molecule has 218 valence electrons. The predicted octanol–water partition coefficient (Wildman–Crippen LogP) is 2.38. The van der Waals surface area contributed by atoms with E-state index in [0.29, 0.717) is 12.8 Å². The molecule has 12 atom stereocenters. The molecular formula is C29H43NO9. The van der Waals surface area contributed by atoms with E-state index in [2.05, 4.69) is 4.98 Å². The third-order valence-corrected chi connectivity index (χ3v) is 9.12. The van der Waals surface area contributed by atoms with E-state index in [1.165, 1.54) is 7.11 Å². The van der Waals surface area contributed by atoms with Crippen molar-refractivity contribution in [2.45, 2.75) is 102 Å². The molecule has 1 aliphatic carbocycles. The molecule has 4 N–H and O–H groups in total. The molecule has 0 radical (unpaired) electrons. The molecule has 0 aromatic carbocycles. The second-order valence-electron chi connectivity index (χ2n) is 11.7. The zero-order valence-corrected chi connectivity index (χ0v) is 23.6. The van der Waals surface area contributed by atoms with Crippen LogP contribution in [0.2, 0.25) is 0 Å². The number of aromatic nitrogens is 1. The van der Waals surface area contributed by atoms with Gasteiger partial charge in [-0.15, -0.1) is 0 Å². The van der Waals surface area contributed by atoms with E-state index < -0.39 is 66.2 Å². The van der Waals surface area contributed by atoms with Gasteiger partial charge in [-0.25, -0.2) is 9.59 Å². The van der Waals surface area contributed by atoms with E-state index in [-0.39, 0.29) is 29.9 Å². The Labute approximate surface area is 229 Å². The van der Waals surface area contributed by atoms with Crippen LogP contribution in [0.5, 0.6) is 0 Å². The molecular weight excluding hydrogens is 506 g/mol. The fraction of sp³-hybridized carbons (Fsp3) is 0.724. The highest BCUT2D eigenvalue weighted by atomic mass is 16.6. The van der Waals surface area contributed by atoms with Crippen LogP contribution in [-0.2, 0) is 23.7 Å². The Hall–Kier alpha value is -2.24. The number of rotatable bonds is 7. The van der Waals surface area contributed by atoms with Gasteiger partial charge in [0.25, 0.3) is 0 Å². The van der Waals surface area contributed by atoms with Crippen molar-refractivity contribution < 1.29 is 43.9 Å². The third-order valence-electron chi connectivity index (χ3n) is 9.12. The van der Waals surface area contributed by atoms with Crippen molar-refractivity contribution in [3.8, 4) is 0 Å². The van der Waals surface area contributed by atoms with Crippen molar-refractivity contribution in [2.75, 3.05) is 7.11 Å². The highest BCUT2D eigenvalue weighted by Gasteiger charge is 2.61. The lowest BCUT2D eigenvalue weighted by molar-refractivity contribution is -0.173. The number of carbonyl (C=O) groups excluding carboxylic acids is 2. The molecule has 2 fully saturated rings. The summed E-state index contributed by atoms with van der Waals surface area (Å²) in [5, 5.41) is 32.3. The van der Waals surface area contributed by atoms with Gasteiger partial charge in [0.15, 0.2) is 6.10 Å².